The Balaban J connectivity index is 2.65. The summed E-state index contributed by atoms with van der Waals surface area (Å²) >= 11 is 0. The zero-order valence-electron chi connectivity index (χ0n) is 10.5. The van der Waals surface area contributed by atoms with Gasteiger partial charge in [0.05, 0.1) is 24.7 Å². The second-order valence-corrected chi connectivity index (χ2v) is 5.38. The second kappa shape index (κ2) is 5.15. The van der Waals surface area contributed by atoms with Gasteiger partial charge in [-0.2, -0.15) is 0 Å². The van der Waals surface area contributed by atoms with Crippen LogP contribution in [0.15, 0.2) is 0 Å². The van der Waals surface area contributed by atoms with Crippen LogP contribution in [0.25, 0.3) is 0 Å². The Labute approximate surface area is 96.9 Å². The highest BCUT2D eigenvalue weighted by Gasteiger charge is 2.45. The summed E-state index contributed by atoms with van der Waals surface area (Å²) in [5, 5.41) is 9.17. The Bertz CT molecular complexity index is 244. The lowest BCUT2D eigenvalue weighted by molar-refractivity contribution is -0.146. The SMILES string of the molecule is CCOCC1CC(C(=O)O)C(C(C)(C)C)O1. The van der Waals surface area contributed by atoms with Gasteiger partial charge in [-0.1, -0.05) is 20.8 Å². The third kappa shape index (κ3) is 3.19. The van der Waals surface area contributed by atoms with Crippen molar-refractivity contribution in [1.82, 2.24) is 0 Å². The second-order valence-electron chi connectivity index (χ2n) is 5.38. The fourth-order valence-corrected chi connectivity index (χ4v) is 2.16. The van der Waals surface area contributed by atoms with Gasteiger partial charge in [0.25, 0.3) is 0 Å². The Kier molecular flexibility index (Phi) is 4.33. The van der Waals surface area contributed by atoms with Crippen molar-refractivity contribution in [2.45, 2.75) is 46.3 Å². The summed E-state index contributed by atoms with van der Waals surface area (Å²) < 4.78 is 11.1. The molecule has 1 aliphatic rings. The summed E-state index contributed by atoms with van der Waals surface area (Å²) in [7, 11) is 0. The molecule has 0 bridgehead atoms. The summed E-state index contributed by atoms with van der Waals surface area (Å²) in [6.45, 7) is 9.08. The molecule has 1 saturated heterocycles. The Morgan fingerprint density at radius 3 is 2.50 bits per heavy atom. The highest BCUT2D eigenvalue weighted by Crippen LogP contribution is 2.38. The average molecular weight is 230 g/mol. The topological polar surface area (TPSA) is 55.8 Å². The van der Waals surface area contributed by atoms with Crippen molar-refractivity contribution in [3.63, 3.8) is 0 Å². The third-order valence-corrected chi connectivity index (χ3v) is 2.90. The van der Waals surface area contributed by atoms with Crippen LogP contribution < -0.4 is 0 Å². The van der Waals surface area contributed by atoms with Crippen molar-refractivity contribution in [2.75, 3.05) is 13.2 Å². The highest BCUT2D eigenvalue weighted by atomic mass is 16.5. The van der Waals surface area contributed by atoms with Crippen LogP contribution in [0.4, 0.5) is 0 Å². The summed E-state index contributed by atoms with van der Waals surface area (Å²) in [5.41, 5.74) is -0.149. The molecular formula is C12H22O4. The van der Waals surface area contributed by atoms with E-state index in [2.05, 4.69) is 0 Å². The van der Waals surface area contributed by atoms with E-state index in [4.69, 9.17) is 14.6 Å². The maximum absolute atomic E-state index is 11.2. The largest absolute Gasteiger partial charge is 0.481 e. The van der Waals surface area contributed by atoms with Gasteiger partial charge in [0, 0.05) is 6.61 Å². The van der Waals surface area contributed by atoms with Gasteiger partial charge in [0.2, 0.25) is 0 Å². The van der Waals surface area contributed by atoms with Gasteiger partial charge < -0.3 is 14.6 Å². The Morgan fingerprint density at radius 2 is 2.12 bits per heavy atom. The number of aliphatic carboxylic acids is 1. The van der Waals surface area contributed by atoms with Gasteiger partial charge in [-0.25, -0.2) is 0 Å². The van der Waals surface area contributed by atoms with E-state index in [0.29, 0.717) is 19.6 Å². The third-order valence-electron chi connectivity index (χ3n) is 2.90. The minimum Gasteiger partial charge on any atom is -0.481 e. The maximum atomic E-state index is 11.2. The van der Waals surface area contributed by atoms with Crippen LogP contribution in [0.2, 0.25) is 0 Å². The van der Waals surface area contributed by atoms with E-state index in [1.54, 1.807) is 0 Å². The molecule has 4 nitrogen and oxygen atoms in total. The Morgan fingerprint density at radius 1 is 1.50 bits per heavy atom. The van der Waals surface area contributed by atoms with Crippen molar-refractivity contribution in [2.24, 2.45) is 11.3 Å². The Hall–Kier alpha value is -0.610. The molecule has 1 rings (SSSR count). The molecular weight excluding hydrogens is 208 g/mol. The van der Waals surface area contributed by atoms with E-state index in [1.807, 2.05) is 27.7 Å². The van der Waals surface area contributed by atoms with Gasteiger partial charge in [-0.15, -0.1) is 0 Å². The first-order valence-corrected chi connectivity index (χ1v) is 5.82. The van der Waals surface area contributed by atoms with E-state index in [1.165, 1.54) is 0 Å². The quantitative estimate of drug-likeness (QED) is 0.801. The predicted octanol–water partition coefficient (Wildman–Crippen LogP) is 1.93. The smallest absolute Gasteiger partial charge is 0.309 e. The summed E-state index contributed by atoms with van der Waals surface area (Å²) in [6.07, 6.45) is 0.248. The lowest BCUT2D eigenvalue weighted by Gasteiger charge is -2.29. The summed E-state index contributed by atoms with van der Waals surface area (Å²) in [4.78, 5) is 11.2. The lowest BCUT2D eigenvalue weighted by Crippen LogP contribution is -2.35. The molecule has 0 radical (unpaired) electrons. The van der Waals surface area contributed by atoms with E-state index in [-0.39, 0.29) is 17.6 Å². The van der Waals surface area contributed by atoms with Crippen LogP contribution in [0, 0.1) is 11.3 Å². The number of carboxylic acid groups (broad SMARTS) is 1. The molecule has 94 valence electrons. The maximum Gasteiger partial charge on any atom is 0.309 e. The molecule has 3 unspecified atom stereocenters. The van der Waals surface area contributed by atoms with Crippen LogP contribution in [0.1, 0.15) is 34.1 Å². The number of carboxylic acids is 1. The summed E-state index contributed by atoms with van der Waals surface area (Å²) in [6, 6.07) is 0. The lowest BCUT2D eigenvalue weighted by atomic mass is 9.81. The van der Waals surface area contributed by atoms with Crippen molar-refractivity contribution in [1.29, 1.82) is 0 Å². The predicted molar refractivity (Wildman–Crippen MR) is 60.4 cm³/mol. The van der Waals surface area contributed by atoms with Crippen molar-refractivity contribution >= 4 is 5.97 Å². The minimum atomic E-state index is -0.765. The molecule has 1 fully saturated rings. The number of hydrogen-bond donors (Lipinski definition) is 1. The van der Waals surface area contributed by atoms with Crippen LogP contribution >= 0.6 is 0 Å². The van der Waals surface area contributed by atoms with Gasteiger partial charge in [0.1, 0.15) is 0 Å². The van der Waals surface area contributed by atoms with E-state index < -0.39 is 11.9 Å². The zero-order chi connectivity index (χ0) is 12.3. The first kappa shape index (κ1) is 13.5. The van der Waals surface area contributed by atoms with Gasteiger partial charge >= 0.3 is 5.97 Å². The number of carbonyl (C=O) groups is 1. The molecule has 4 heteroatoms. The molecule has 1 heterocycles. The van der Waals surface area contributed by atoms with Crippen LogP contribution in [-0.2, 0) is 14.3 Å². The van der Waals surface area contributed by atoms with Gasteiger partial charge in [0.15, 0.2) is 0 Å². The fourth-order valence-electron chi connectivity index (χ4n) is 2.16. The van der Waals surface area contributed by atoms with E-state index in [9.17, 15) is 4.79 Å². The van der Waals surface area contributed by atoms with Crippen molar-refractivity contribution < 1.29 is 19.4 Å². The van der Waals surface area contributed by atoms with E-state index >= 15 is 0 Å². The molecule has 1 N–H and O–H groups in total. The monoisotopic (exact) mass is 230 g/mol. The van der Waals surface area contributed by atoms with Crippen LogP contribution in [-0.4, -0.2) is 36.5 Å². The first-order chi connectivity index (χ1) is 7.36. The summed E-state index contributed by atoms with van der Waals surface area (Å²) in [5.74, 6) is -1.18. The molecule has 0 aromatic heterocycles. The molecule has 0 amide bonds. The zero-order valence-corrected chi connectivity index (χ0v) is 10.5. The highest BCUT2D eigenvalue weighted by molar-refractivity contribution is 5.71. The molecule has 0 aromatic rings. The standard InChI is InChI=1S/C12H22O4/c1-5-15-7-8-6-9(11(13)14)10(16-8)12(2,3)4/h8-10H,5-7H2,1-4H3,(H,13,14). The number of rotatable bonds is 4. The molecule has 1 aliphatic heterocycles. The number of ether oxygens (including phenoxy) is 2. The molecule has 0 aromatic carbocycles. The van der Waals surface area contributed by atoms with Gasteiger partial charge in [-0.3, -0.25) is 4.79 Å². The van der Waals surface area contributed by atoms with Crippen molar-refractivity contribution in [3.8, 4) is 0 Å². The molecule has 3 atom stereocenters. The van der Waals surface area contributed by atoms with Crippen LogP contribution in [0.3, 0.4) is 0 Å². The van der Waals surface area contributed by atoms with Crippen molar-refractivity contribution in [3.05, 3.63) is 0 Å². The van der Waals surface area contributed by atoms with Crippen LogP contribution in [0.5, 0.6) is 0 Å². The average Bonchev–Trinajstić information content (AvgIpc) is 2.58. The minimum absolute atomic E-state index is 0.0784. The normalized spacial score (nSPS) is 30.6. The van der Waals surface area contributed by atoms with E-state index in [0.717, 1.165) is 0 Å². The fraction of sp³-hybridized carbons (Fsp3) is 0.917. The molecule has 16 heavy (non-hydrogen) atoms. The number of hydrogen-bond acceptors (Lipinski definition) is 3. The molecule has 0 aliphatic carbocycles. The first-order valence-electron chi connectivity index (χ1n) is 5.82. The van der Waals surface area contributed by atoms with Gasteiger partial charge in [-0.05, 0) is 18.8 Å². The molecule has 0 spiro atoms. The molecule has 0 saturated carbocycles.